The molecule has 0 aliphatic rings. The van der Waals surface area contributed by atoms with Crippen LogP contribution in [0.15, 0.2) is 50.9 Å². The van der Waals surface area contributed by atoms with Crippen LogP contribution < -0.4 is 5.73 Å². The summed E-state index contributed by atoms with van der Waals surface area (Å²) in [6, 6.07) is 8.27. The highest BCUT2D eigenvalue weighted by atomic mass is 79.9. The molecule has 0 aliphatic heterocycles. The van der Waals surface area contributed by atoms with Crippen LogP contribution in [0.1, 0.15) is 18.5 Å². The SMILES string of the molecule is C[C@H](N)c1cc(F)ccc1Sc1ccc(Br)cn1. The molecule has 0 amide bonds. The lowest BCUT2D eigenvalue weighted by Crippen LogP contribution is -2.06. The molecule has 2 N–H and O–H groups in total. The molecule has 0 radical (unpaired) electrons. The smallest absolute Gasteiger partial charge is 0.123 e. The van der Waals surface area contributed by atoms with E-state index in [1.807, 2.05) is 19.1 Å². The quantitative estimate of drug-likeness (QED) is 0.920. The summed E-state index contributed by atoms with van der Waals surface area (Å²) in [5.74, 6) is -0.268. The maximum atomic E-state index is 13.2. The molecule has 2 nitrogen and oxygen atoms in total. The molecule has 1 atom stereocenters. The molecule has 1 aromatic carbocycles. The van der Waals surface area contributed by atoms with Crippen LogP contribution in [0.3, 0.4) is 0 Å². The van der Waals surface area contributed by atoms with E-state index >= 15 is 0 Å². The summed E-state index contributed by atoms with van der Waals surface area (Å²) in [6.07, 6.45) is 1.73. The van der Waals surface area contributed by atoms with Crippen LogP contribution in [-0.2, 0) is 0 Å². The van der Waals surface area contributed by atoms with E-state index in [2.05, 4.69) is 20.9 Å². The van der Waals surface area contributed by atoms with Crippen molar-refractivity contribution in [2.24, 2.45) is 5.73 Å². The summed E-state index contributed by atoms with van der Waals surface area (Å²) >= 11 is 4.82. The number of pyridine rings is 1. The minimum atomic E-state index is -0.268. The molecule has 0 unspecified atom stereocenters. The van der Waals surface area contributed by atoms with Crippen molar-refractivity contribution in [3.8, 4) is 0 Å². The van der Waals surface area contributed by atoms with E-state index in [4.69, 9.17) is 5.73 Å². The number of rotatable bonds is 3. The van der Waals surface area contributed by atoms with Crippen molar-refractivity contribution >= 4 is 27.7 Å². The van der Waals surface area contributed by atoms with Crippen LogP contribution in [0, 0.1) is 5.82 Å². The van der Waals surface area contributed by atoms with Gasteiger partial charge < -0.3 is 5.73 Å². The Hall–Kier alpha value is -0.910. The van der Waals surface area contributed by atoms with Crippen molar-refractivity contribution in [2.45, 2.75) is 22.9 Å². The number of benzene rings is 1. The van der Waals surface area contributed by atoms with Crippen LogP contribution in [0.2, 0.25) is 0 Å². The summed E-state index contributed by atoms with van der Waals surface area (Å²) < 4.78 is 14.1. The number of hydrogen-bond donors (Lipinski definition) is 1. The molecule has 0 saturated carbocycles. The molecule has 94 valence electrons. The van der Waals surface area contributed by atoms with Crippen LogP contribution in [0.4, 0.5) is 4.39 Å². The van der Waals surface area contributed by atoms with Gasteiger partial charge in [0.05, 0.1) is 0 Å². The Balaban J connectivity index is 2.31. The third kappa shape index (κ3) is 3.31. The van der Waals surface area contributed by atoms with Gasteiger partial charge in [0.2, 0.25) is 0 Å². The second-order valence-electron chi connectivity index (χ2n) is 3.89. The van der Waals surface area contributed by atoms with Gasteiger partial charge in [-0.2, -0.15) is 0 Å². The molecule has 1 aromatic heterocycles. The fourth-order valence-electron chi connectivity index (χ4n) is 1.50. The Labute approximate surface area is 118 Å². The van der Waals surface area contributed by atoms with Crippen LogP contribution in [0.25, 0.3) is 0 Å². The predicted octanol–water partition coefficient (Wildman–Crippen LogP) is 4.15. The molecule has 5 heteroatoms. The summed E-state index contributed by atoms with van der Waals surface area (Å²) in [5, 5.41) is 0.853. The van der Waals surface area contributed by atoms with E-state index in [9.17, 15) is 4.39 Å². The number of nitrogens with two attached hydrogens (primary N) is 1. The molecule has 18 heavy (non-hydrogen) atoms. The molecule has 0 fully saturated rings. The van der Waals surface area contributed by atoms with E-state index in [0.29, 0.717) is 0 Å². The second kappa shape index (κ2) is 5.82. The van der Waals surface area contributed by atoms with Crippen LogP contribution in [0.5, 0.6) is 0 Å². The molecule has 0 spiro atoms. The highest BCUT2D eigenvalue weighted by Gasteiger charge is 2.10. The average Bonchev–Trinajstić information content (AvgIpc) is 2.34. The molecular weight excluding hydrogens is 315 g/mol. The van der Waals surface area contributed by atoms with Gasteiger partial charge >= 0.3 is 0 Å². The van der Waals surface area contributed by atoms with Gasteiger partial charge in [0.25, 0.3) is 0 Å². The molecule has 0 saturated heterocycles. The Morgan fingerprint density at radius 2 is 2.11 bits per heavy atom. The first-order valence-corrected chi connectivity index (χ1v) is 7.01. The Bertz CT molecular complexity index is 543. The number of halogens is 2. The highest BCUT2D eigenvalue weighted by molar-refractivity contribution is 9.10. The van der Waals surface area contributed by atoms with E-state index < -0.39 is 0 Å². The van der Waals surface area contributed by atoms with E-state index in [1.165, 1.54) is 23.9 Å². The third-order valence-corrected chi connectivity index (χ3v) is 3.89. The summed E-state index contributed by atoms with van der Waals surface area (Å²) in [7, 11) is 0. The highest BCUT2D eigenvalue weighted by Crippen LogP contribution is 2.32. The Morgan fingerprint density at radius 1 is 1.33 bits per heavy atom. The zero-order valence-corrected chi connectivity index (χ0v) is 12.1. The van der Waals surface area contributed by atoms with Crippen molar-refractivity contribution in [3.05, 3.63) is 52.4 Å². The van der Waals surface area contributed by atoms with Gasteiger partial charge in [-0.3, -0.25) is 0 Å². The van der Waals surface area contributed by atoms with Crippen molar-refractivity contribution in [1.82, 2.24) is 4.98 Å². The summed E-state index contributed by atoms with van der Waals surface area (Å²) in [5.41, 5.74) is 6.65. The minimum absolute atomic E-state index is 0.210. The first-order chi connectivity index (χ1) is 8.56. The topological polar surface area (TPSA) is 38.9 Å². The molecule has 0 aliphatic carbocycles. The van der Waals surface area contributed by atoms with Gasteiger partial charge in [-0.1, -0.05) is 11.8 Å². The van der Waals surface area contributed by atoms with E-state index in [0.717, 1.165) is 20.0 Å². The van der Waals surface area contributed by atoms with Crippen molar-refractivity contribution in [1.29, 1.82) is 0 Å². The molecule has 2 rings (SSSR count). The third-order valence-electron chi connectivity index (χ3n) is 2.38. The number of hydrogen-bond acceptors (Lipinski definition) is 3. The predicted molar refractivity (Wildman–Crippen MR) is 75.1 cm³/mol. The van der Waals surface area contributed by atoms with Gasteiger partial charge in [0, 0.05) is 21.6 Å². The zero-order chi connectivity index (χ0) is 13.1. The van der Waals surface area contributed by atoms with Gasteiger partial charge in [-0.15, -0.1) is 0 Å². The average molecular weight is 327 g/mol. The normalized spacial score (nSPS) is 12.4. The van der Waals surface area contributed by atoms with Gasteiger partial charge in [-0.25, -0.2) is 9.37 Å². The lowest BCUT2D eigenvalue weighted by molar-refractivity contribution is 0.619. The fraction of sp³-hybridized carbons (Fsp3) is 0.154. The second-order valence-corrected chi connectivity index (χ2v) is 5.87. The fourth-order valence-corrected chi connectivity index (χ4v) is 2.70. The van der Waals surface area contributed by atoms with E-state index in [1.54, 1.807) is 12.3 Å². The molecular formula is C13H12BrFN2S. The molecule has 1 heterocycles. The largest absolute Gasteiger partial charge is 0.324 e. The Morgan fingerprint density at radius 3 is 2.72 bits per heavy atom. The number of nitrogens with zero attached hydrogens (tertiary/aromatic N) is 1. The monoisotopic (exact) mass is 326 g/mol. The lowest BCUT2D eigenvalue weighted by Gasteiger charge is -2.12. The zero-order valence-electron chi connectivity index (χ0n) is 9.73. The van der Waals surface area contributed by atoms with Gasteiger partial charge in [0.1, 0.15) is 10.8 Å². The van der Waals surface area contributed by atoms with Crippen molar-refractivity contribution < 1.29 is 4.39 Å². The maximum absolute atomic E-state index is 13.2. The van der Waals surface area contributed by atoms with Crippen molar-refractivity contribution in [2.75, 3.05) is 0 Å². The van der Waals surface area contributed by atoms with Gasteiger partial charge in [-0.05, 0) is 58.7 Å². The first kappa shape index (κ1) is 13.5. The number of aromatic nitrogens is 1. The summed E-state index contributed by atoms with van der Waals surface area (Å²) in [6.45, 7) is 1.84. The molecule has 0 bridgehead atoms. The Kier molecular flexibility index (Phi) is 4.37. The van der Waals surface area contributed by atoms with Crippen LogP contribution in [-0.4, -0.2) is 4.98 Å². The minimum Gasteiger partial charge on any atom is -0.324 e. The molecule has 2 aromatic rings. The van der Waals surface area contributed by atoms with Crippen LogP contribution >= 0.6 is 27.7 Å². The maximum Gasteiger partial charge on any atom is 0.123 e. The summed E-state index contributed by atoms with van der Waals surface area (Å²) in [4.78, 5) is 5.21. The van der Waals surface area contributed by atoms with Crippen molar-refractivity contribution in [3.63, 3.8) is 0 Å². The standard InChI is InChI=1S/C13H12BrFN2S/c1-8(16)11-6-10(15)3-4-12(11)18-13-5-2-9(14)7-17-13/h2-8H,16H2,1H3/t8-/m0/s1. The van der Waals surface area contributed by atoms with Gasteiger partial charge in [0.15, 0.2) is 0 Å². The first-order valence-electron chi connectivity index (χ1n) is 5.40. The van der Waals surface area contributed by atoms with E-state index in [-0.39, 0.29) is 11.9 Å². The lowest BCUT2D eigenvalue weighted by atomic mass is 10.1.